The smallest absolute Gasteiger partial charge is 0.204 e. The molecule has 3 rings (SSSR count). The van der Waals surface area contributed by atoms with E-state index in [0.717, 1.165) is 23.1 Å². The van der Waals surface area contributed by atoms with Crippen LogP contribution in [0.5, 0.6) is 17.2 Å². The Balaban J connectivity index is 1.77. The third kappa shape index (κ3) is 6.29. The van der Waals surface area contributed by atoms with Crippen molar-refractivity contribution in [3.8, 4) is 17.2 Å². The number of rotatable bonds is 12. The van der Waals surface area contributed by atoms with Crippen LogP contribution in [0.3, 0.4) is 0 Å². The van der Waals surface area contributed by atoms with Crippen molar-refractivity contribution in [2.75, 3.05) is 26.9 Å². The van der Waals surface area contributed by atoms with Crippen molar-refractivity contribution in [1.29, 1.82) is 0 Å². The number of ether oxygens (including phenoxy) is 3. The zero-order chi connectivity index (χ0) is 24.7. The summed E-state index contributed by atoms with van der Waals surface area (Å²) in [6.45, 7) is 9.03. The summed E-state index contributed by atoms with van der Waals surface area (Å²) >= 11 is 0. The molecule has 0 bridgehead atoms. The number of Topliss-reactive ketones (excluding diaryl/α,β-unsaturated/α-hetero) is 1. The van der Waals surface area contributed by atoms with Crippen LogP contribution < -0.4 is 19.5 Å². The monoisotopic (exact) mass is 471 g/mol. The van der Waals surface area contributed by atoms with E-state index in [0.29, 0.717) is 48.6 Å². The fourth-order valence-corrected chi connectivity index (χ4v) is 4.70. The summed E-state index contributed by atoms with van der Waals surface area (Å²) in [5.74, 6) is 1.40. The molecule has 1 aliphatic carbocycles. The van der Waals surface area contributed by atoms with E-state index < -0.39 is 0 Å². The van der Waals surface area contributed by atoms with E-state index in [1.54, 1.807) is 26.2 Å². The van der Waals surface area contributed by atoms with Crippen molar-refractivity contribution in [2.24, 2.45) is 0 Å². The van der Waals surface area contributed by atoms with E-state index in [-0.39, 0.29) is 17.5 Å². The van der Waals surface area contributed by atoms with Crippen LogP contribution in [0.1, 0.15) is 78.9 Å². The van der Waals surface area contributed by atoms with Crippen molar-refractivity contribution in [3.05, 3.63) is 52.3 Å². The minimum Gasteiger partial charge on any atom is -0.492 e. The highest BCUT2D eigenvalue weighted by molar-refractivity contribution is 6.00. The summed E-state index contributed by atoms with van der Waals surface area (Å²) in [4.78, 5) is 12.6. The Labute approximate surface area is 203 Å². The maximum absolute atomic E-state index is 13.3. The average molecular weight is 472 g/mol. The van der Waals surface area contributed by atoms with Gasteiger partial charge in [0.25, 0.3) is 0 Å². The predicted octanol–water partition coefficient (Wildman–Crippen LogP) is 6.14. The van der Waals surface area contributed by atoms with Crippen molar-refractivity contribution < 1.29 is 23.4 Å². The van der Waals surface area contributed by atoms with Crippen LogP contribution in [-0.4, -0.2) is 38.7 Å². The number of benzene rings is 2. The molecule has 5 nitrogen and oxygen atoms in total. The lowest BCUT2D eigenvalue weighted by molar-refractivity contribution is 0.101. The Bertz CT molecular complexity index is 968. The van der Waals surface area contributed by atoms with Gasteiger partial charge in [0.15, 0.2) is 17.3 Å². The summed E-state index contributed by atoms with van der Waals surface area (Å²) in [5, 5.41) is 3.55. The van der Waals surface area contributed by atoms with Gasteiger partial charge in [-0.25, -0.2) is 4.39 Å². The Morgan fingerprint density at radius 2 is 1.68 bits per heavy atom. The van der Waals surface area contributed by atoms with Crippen molar-refractivity contribution in [2.45, 2.75) is 71.8 Å². The molecular formula is C28H38FNO4. The number of carbonyl (C=O) groups is 1. The Morgan fingerprint density at radius 3 is 2.29 bits per heavy atom. The second-order valence-corrected chi connectivity index (χ2v) is 9.25. The summed E-state index contributed by atoms with van der Waals surface area (Å²) in [7, 11) is 1.61. The van der Waals surface area contributed by atoms with E-state index in [2.05, 4.69) is 12.2 Å². The van der Waals surface area contributed by atoms with Crippen molar-refractivity contribution in [3.63, 3.8) is 0 Å². The molecule has 6 heteroatoms. The fourth-order valence-electron chi connectivity index (χ4n) is 4.70. The number of ketones is 1. The van der Waals surface area contributed by atoms with Crippen LogP contribution in [0.25, 0.3) is 0 Å². The van der Waals surface area contributed by atoms with Gasteiger partial charge < -0.3 is 19.5 Å². The van der Waals surface area contributed by atoms with Crippen LogP contribution in [0.2, 0.25) is 0 Å². The molecule has 1 N–H and O–H groups in total. The molecule has 0 heterocycles. The first-order valence-electron chi connectivity index (χ1n) is 12.3. The number of carbonyl (C=O) groups excluding carboxylic acids is 1. The number of hydrogen-bond acceptors (Lipinski definition) is 5. The van der Waals surface area contributed by atoms with E-state index in [9.17, 15) is 9.18 Å². The van der Waals surface area contributed by atoms with Gasteiger partial charge in [0, 0.05) is 12.6 Å². The fraction of sp³-hybridized carbons (Fsp3) is 0.536. The molecule has 1 atom stereocenters. The molecule has 1 fully saturated rings. The summed E-state index contributed by atoms with van der Waals surface area (Å²) < 4.78 is 31.4. The molecule has 0 saturated heterocycles. The van der Waals surface area contributed by atoms with Crippen LogP contribution >= 0.6 is 0 Å². The average Bonchev–Trinajstić information content (AvgIpc) is 3.33. The normalized spacial score (nSPS) is 14.8. The number of nitrogens with one attached hydrogen (secondary N) is 1. The maximum Gasteiger partial charge on any atom is 0.204 e. The van der Waals surface area contributed by atoms with E-state index in [4.69, 9.17) is 14.2 Å². The molecule has 1 unspecified atom stereocenters. The van der Waals surface area contributed by atoms with Gasteiger partial charge in [-0.3, -0.25) is 4.79 Å². The molecule has 1 aliphatic rings. The lowest BCUT2D eigenvalue weighted by atomic mass is 9.97. The number of hydrogen-bond donors (Lipinski definition) is 1. The van der Waals surface area contributed by atoms with Crippen LogP contribution in [0.15, 0.2) is 24.3 Å². The van der Waals surface area contributed by atoms with Crippen molar-refractivity contribution in [1.82, 2.24) is 5.32 Å². The largest absolute Gasteiger partial charge is 0.492 e. The topological polar surface area (TPSA) is 56.8 Å². The third-order valence-corrected chi connectivity index (χ3v) is 6.85. The highest BCUT2D eigenvalue weighted by Gasteiger charge is 2.26. The third-order valence-electron chi connectivity index (χ3n) is 6.85. The molecule has 0 aromatic heterocycles. The second-order valence-electron chi connectivity index (χ2n) is 9.25. The van der Waals surface area contributed by atoms with Gasteiger partial charge in [0.2, 0.25) is 5.75 Å². The van der Waals surface area contributed by atoms with Gasteiger partial charge in [-0.1, -0.05) is 31.9 Å². The van der Waals surface area contributed by atoms with Crippen LogP contribution in [0.4, 0.5) is 4.39 Å². The van der Waals surface area contributed by atoms with Gasteiger partial charge >= 0.3 is 0 Å². The zero-order valence-corrected chi connectivity index (χ0v) is 21.1. The van der Waals surface area contributed by atoms with E-state index in [1.165, 1.54) is 37.8 Å². The Hall–Kier alpha value is -2.60. The second kappa shape index (κ2) is 12.2. The highest BCUT2D eigenvalue weighted by Crippen LogP contribution is 2.45. The van der Waals surface area contributed by atoms with E-state index in [1.807, 2.05) is 13.8 Å². The minimum absolute atomic E-state index is 0.0634. The molecule has 0 aliphatic heterocycles. The Morgan fingerprint density at radius 1 is 1.03 bits per heavy atom. The summed E-state index contributed by atoms with van der Waals surface area (Å²) in [6, 6.07) is 7.11. The van der Waals surface area contributed by atoms with Crippen molar-refractivity contribution >= 4 is 5.78 Å². The zero-order valence-electron chi connectivity index (χ0n) is 21.1. The van der Waals surface area contributed by atoms with Gasteiger partial charge in [0.1, 0.15) is 12.4 Å². The molecule has 0 spiro atoms. The van der Waals surface area contributed by atoms with E-state index >= 15 is 0 Å². The van der Waals surface area contributed by atoms with Gasteiger partial charge in [-0.05, 0) is 74.8 Å². The Kier molecular flexibility index (Phi) is 9.34. The lowest BCUT2D eigenvalue weighted by Gasteiger charge is -2.23. The predicted molar refractivity (Wildman–Crippen MR) is 133 cm³/mol. The molecule has 2 aromatic rings. The van der Waals surface area contributed by atoms with Crippen LogP contribution in [0, 0.1) is 19.7 Å². The summed E-state index contributed by atoms with van der Waals surface area (Å²) in [6.07, 6.45) is 5.68. The number of halogens is 1. The number of methoxy groups -OCH3 is 1. The van der Waals surface area contributed by atoms with Crippen LogP contribution in [-0.2, 0) is 0 Å². The molecule has 0 amide bonds. The first-order valence-corrected chi connectivity index (χ1v) is 12.3. The summed E-state index contributed by atoms with van der Waals surface area (Å²) in [5.41, 5.74) is 3.30. The molecule has 2 aromatic carbocycles. The molecule has 0 radical (unpaired) electrons. The minimum atomic E-state index is -0.243. The molecular weight excluding hydrogens is 433 g/mol. The standard InChI is InChI=1S/C28H38FNO4/c1-18(22-10-12-23(29)13-11-22)14-16-33-28-26(32-5)20(3)19(2)25(21(4)31)27(28)34-17-15-30-24-8-6-7-9-24/h10-13,18,24,30H,6-9,14-17H2,1-5H3. The molecule has 186 valence electrons. The SMILES string of the molecule is COc1c(C)c(C)c(C(C)=O)c(OCCNC2CCCC2)c1OCCC(C)c1ccc(F)cc1. The first-order chi connectivity index (χ1) is 16.3. The lowest BCUT2D eigenvalue weighted by Crippen LogP contribution is -2.30. The maximum atomic E-state index is 13.3. The molecule has 34 heavy (non-hydrogen) atoms. The van der Waals surface area contributed by atoms with Gasteiger partial charge in [-0.15, -0.1) is 0 Å². The highest BCUT2D eigenvalue weighted by atomic mass is 19.1. The first kappa shape index (κ1) is 26.0. The van der Waals surface area contributed by atoms with Gasteiger partial charge in [0.05, 0.1) is 19.3 Å². The molecule has 1 saturated carbocycles. The van der Waals surface area contributed by atoms with Gasteiger partial charge in [-0.2, -0.15) is 0 Å². The quantitative estimate of drug-likeness (QED) is 0.298.